The second-order valence-electron chi connectivity index (χ2n) is 7.56. The van der Waals surface area contributed by atoms with Crippen LogP contribution in [0.25, 0.3) is 0 Å². The van der Waals surface area contributed by atoms with Gasteiger partial charge in [0.1, 0.15) is 0 Å². The third-order valence-corrected chi connectivity index (χ3v) is 5.25. The Morgan fingerprint density at radius 1 is 1.17 bits per heavy atom. The third-order valence-electron chi connectivity index (χ3n) is 5.25. The molecule has 1 aromatic carbocycles. The lowest BCUT2D eigenvalue weighted by Gasteiger charge is -2.36. The number of piperazine rings is 1. The monoisotopic (exact) mass is 533 g/mol. The van der Waals surface area contributed by atoms with Crippen LogP contribution in [-0.4, -0.2) is 88.9 Å². The maximum absolute atomic E-state index is 5.67. The van der Waals surface area contributed by atoms with Crippen LogP contribution in [0.4, 0.5) is 0 Å². The molecule has 30 heavy (non-hydrogen) atoms. The largest absolute Gasteiger partial charge is 0.493 e. The number of benzene rings is 1. The molecule has 1 aliphatic rings. The number of aliphatic imine (C=N–C) groups is 1. The Balaban J connectivity index is 0.00000450. The van der Waals surface area contributed by atoms with Gasteiger partial charge < -0.3 is 25.0 Å². The molecule has 0 radical (unpaired) electrons. The van der Waals surface area contributed by atoms with Gasteiger partial charge in [-0.05, 0) is 58.5 Å². The molecule has 2 rings (SSSR count). The van der Waals surface area contributed by atoms with Crippen LogP contribution in [0, 0.1) is 0 Å². The Morgan fingerprint density at radius 3 is 2.67 bits per heavy atom. The zero-order valence-electron chi connectivity index (χ0n) is 19.2. The van der Waals surface area contributed by atoms with Gasteiger partial charge in [-0.3, -0.25) is 9.89 Å². The highest BCUT2D eigenvalue weighted by Gasteiger charge is 2.21. The normalized spacial score (nSPS) is 17.9. The van der Waals surface area contributed by atoms with Gasteiger partial charge in [0.25, 0.3) is 0 Å². The standard InChI is InChI=1S/C22H39N5O2.HI/c1-6-23-22(25-16-19-17-26(3)13-14-27(19)4)24-12-8-9-18-10-11-20(28-5)21(15-18)29-7-2;/h10-11,15,19H,6-9,12-14,16-17H2,1-5H3,(H2,23,24,25);1H. The molecule has 8 heteroatoms. The number of hydrogen-bond donors (Lipinski definition) is 2. The number of nitrogens with zero attached hydrogens (tertiary/aromatic N) is 3. The van der Waals surface area contributed by atoms with E-state index in [4.69, 9.17) is 14.5 Å². The molecule has 1 saturated heterocycles. The number of likely N-dealkylation sites (N-methyl/N-ethyl adjacent to an activating group) is 2. The van der Waals surface area contributed by atoms with Crippen LogP contribution in [0.5, 0.6) is 11.5 Å². The van der Waals surface area contributed by atoms with Gasteiger partial charge in [-0.2, -0.15) is 0 Å². The van der Waals surface area contributed by atoms with E-state index in [0.29, 0.717) is 12.6 Å². The molecule has 1 heterocycles. The first-order valence-corrected chi connectivity index (χ1v) is 10.8. The topological polar surface area (TPSA) is 61.4 Å². The maximum atomic E-state index is 5.67. The summed E-state index contributed by atoms with van der Waals surface area (Å²) in [6, 6.07) is 6.64. The fourth-order valence-electron chi connectivity index (χ4n) is 3.48. The number of aryl methyl sites for hydroxylation is 1. The predicted molar refractivity (Wildman–Crippen MR) is 136 cm³/mol. The van der Waals surface area contributed by atoms with Gasteiger partial charge in [0.15, 0.2) is 17.5 Å². The first-order chi connectivity index (χ1) is 14.1. The van der Waals surface area contributed by atoms with Gasteiger partial charge in [0.05, 0.1) is 20.3 Å². The van der Waals surface area contributed by atoms with Crippen LogP contribution in [0.3, 0.4) is 0 Å². The summed E-state index contributed by atoms with van der Waals surface area (Å²) >= 11 is 0. The van der Waals surface area contributed by atoms with Crippen LogP contribution in [0.2, 0.25) is 0 Å². The van der Waals surface area contributed by atoms with Gasteiger partial charge in [-0.15, -0.1) is 24.0 Å². The molecule has 1 atom stereocenters. The van der Waals surface area contributed by atoms with Gasteiger partial charge in [-0.1, -0.05) is 6.07 Å². The molecule has 0 saturated carbocycles. The van der Waals surface area contributed by atoms with E-state index in [1.54, 1.807) is 7.11 Å². The summed E-state index contributed by atoms with van der Waals surface area (Å²) in [4.78, 5) is 9.61. The molecular formula is C22H40IN5O2. The minimum Gasteiger partial charge on any atom is -0.493 e. The van der Waals surface area contributed by atoms with Crippen molar-refractivity contribution in [3.05, 3.63) is 23.8 Å². The first-order valence-electron chi connectivity index (χ1n) is 10.8. The number of hydrogen-bond acceptors (Lipinski definition) is 5. The van der Waals surface area contributed by atoms with Crippen molar-refractivity contribution in [3.8, 4) is 11.5 Å². The highest BCUT2D eigenvalue weighted by molar-refractivity contribution is 14.0. The lowest BCUT2D eigenvalue weighted by molar-refractivity contribution is 0.119. The summed E-state index contributed by atoms with van der Waals surface area (Å²) in [5, 5.41) is 6.83. The summed E-state index contributed by atoms with van der Waals surface area (Å²) in [5.41, 5.74) is 1.25. The molecule has 0 amide bonds. The van der Waals surface area contributed by atoms with Crippen molar-refractivity contribution in [2.24, 2.45) is 4.99 Å². The zero-order valence-corrected chi connectivity index (χ0v) is 21.6. The number of guanidine groups is 1. The Hall–Kier alpha value is -1.26. The summed E-state index contributed by atoms with van der Waals surface area (Å²) in [6.45, 7) is 10.6. The quantitative estimate of drug-likeness (QED) is 0.209. The van der Waals surface area contributed by atoms with Gasteiger partial charge >= 0.3 is 0 Å². The number of halogens is 1. The average molecular weight is 533 g/mol. The molecule has 0 spiro atoms. The fourth-order valence-corrected chi connectivity index (χ4v) is 3.48. The second kappa shape index (κ2) is 14.7. The van der Waals surface area contributed by atoms with E-state index < -0.39 is 0 Å². The zero-order chi connectivity index (χ0) is 21.1. The van der Waals surface area contributed by atoms with Crippen LogP contribution < -0.4 is 20.1 Å². The van der Waals surface area contributed by atoms with E-state index in [9.17, 15) is 0 Å². The molecule has 0 aliphatic carbocycles. The van der Waals surface area contributed by atoms with Crippen molar-refractivity contribution in [2.45, 2.75) is 32.7 Å². The fraction of sp³-hybridized carbons (Fsp3) is 0.682. The van der Waals surface area contributed by atoms with E-state index in [0.717, 1.165) is 69.6 Å². The lowest BCUT2D eigenvalue weighted by atomic mass is 10.1. The summed E-state index contributed by atoms with van der Waals surface area (Å²) in [6.07, 6.45) is 2.00. The summed E-state index contributed by atoms with van der Waals surface area (Å²) < 4.78 is 11.0. The Bertz CT molecular complexity index is 644. The van der Waals surface area contributed by atoms with Crippen LogP contribution in [0.1, 0.15) is 25.8 Å². The molecule has 7 nitrogen and oxygen atoms in total. The Kier molecular flexibility index (Phi) is 13.1. The Labute approximate surface area is 199 Å². The minimum absolute atomic E-state index is 0. The molecule has 1 aromatic rings. The molecule has 1 unspecified atom stereocenters. The Morgan fingerprint density at radius 2 is 1.97 bits per heavy atom. The summed E-state index contributed by atoms with van der Waals surface area (Å²) in [5.74, 6) is 2.50. The van der Waals surface area contributed by atoms with Crippen molar-refractivity contribution in [3.63, 3.8) is 0 Å². The average Bonchev–Trinajstić information content (AvgIpc) is 2.72. The van der Waals surface area contributed by atoms with E-state index >= 15 is 0 Å². The maximum Gasteiger partial charge on any atom is 0.191 e. The van der Waals surface area contributed by atoms with Crippen molar-refractivity contribution in [1.82, 2.24) is 20.4 Å². The number of methoxy groups -OCH3 is 1. The first kappa shape index (κ1) is 26.8. The third kappa shape index (κ3) is 8.85. The van der Waals surface area contributed by atoms with Crippen molar-refractivity contribution < 1.29 is 9.47 Å². The number of nitrogens with one attached hydrogen (secondary N) is 2. The highest BCUT2D eigenvalue weighted by atomic mass is 127. The van der Waals surface area contributed by atoms with Crippen molar-refractivity contribution in [2.75, 3.05) is 67.1 Å². The number of rotatable bonds is 10. The van der Waals surface area contributed by atoms with E-state index in [1.165, 1.54) is 5.56 Å². The SMILES string of the molecule is CCNC(=NCC1CN(C)CCN1C)NCCCc1ccc(OC)c(OCC)c1.I. The predicted octanol–water partition coefficient (Wildman–Crippen LogP) is 2.45. The highest BCUT2D eigenvalue weighted by Crippen LogP contribution is 2.28. The lowest BCUT2D eigenvalue weighted by Crippen LogP contribution is -2.51. The van der Waals surface area contributed by atoms with E-state index in [2.05, 4.69) is 53.6 Å². The summed E-state index contributed by atoms with van der Waals surface area (Å²) in [7, 11) is 6.05. The van der Waals surface area contributed by atoms with E-state index in [1.807, 2.05) is 13.0 Å². The second-order valence-corrected chi connectivity index (χ2v) is 7.56. The molecule has 0 bridgehead atoms. The van der Waals surface area contributed by atoms with Crippen LogP contribution in [-0.2, 0) is 6.42 Å². The molecule has 1 aliphatic heterocycles. The molecule has 2 N–H and O–H groups in total. The van der Waals surface area contributed by atoms with Crippen molar-refractivity contribution in [1.29, 1.82) is 0 Å². The van der Waals surface area contributed by atoms with Gasteiger partial charge in [-0.25, -0.2) is 0 Å². The minimum atomic E-state index is 0. The molecular weight excluding hydrogens is 493 g/mol. The van der Waals surface area contributed by atoms with Gasteiger partial charge in [0, 0.05) is 38.8 Å². The smallest absolute Gasteiger partial charge is 0.191 e. The molecule has 1 fully saturated rings. The number of ether oxygens (including phenoxy) is 2. The van der Waals surface area contributed by atoms with Crippen LogP contribution in [0.15, 0.2) is 23.2 Å². The molecule has 0 aromatic heterocycles. The van der Waals surface area contributed by atoms with Gasteiger partial charge in [0.2, 0.25) is 0 Å². The van der Waals surface area contributed by atoms with E-state index in [-0.39, 0.29) is 24.0 Å². The van der Waals surface area contributed by atoms with Crippen LogP contribution >= 0.6 is 24.0 Å². The van der Waals surface area contributed by atoms with Crippen molar-refractivity contribution >= 4 is 29.9 Å². The molecule has 172 valence electrons.